The second kappa shape index (κ2) is 4.84. The largest absolute Gasteiger partial charge is 0.348 e. The molecule has 106 valence electrons. The third-order valence-corrected chi connectivity index (χ3v) is 3.88. The molecule has 5 heteroatoms. The fraction of sp³-hybridized carbons (Fsp3) is 0.312. The molecule has 0 amide bonds. The first kappa shape index (κ1) is 12.3. The Hall–Kier alpha value is -2.43. The SMILES string of the molecule is Cc1nnc2ccc(N(Cc3ccccc3)C3CC3)nn12. The number of hydrogen-bond donors (Lipinski definition) is 0. The lowest BCUT2D eigenvalue weighted by Gasteiger charge is -2.23. The minimum absolute atomic E-state index is 0.604. The van der Waals surface area contributed by atoms with Gasteiger partial charge in [-0.3, -0.25) is 0 Å². The van der Waals surface area contributed by atoms with Crippen LogP contribution in [-0.4, -0.2) is 25.9 Å². The summed E-state index contributed by atoms with van der Waals surface area (Å²) in [7, 11) is 0. The summed E-state index contributed by atoms with van der Waals surface area (Å²) in [5, 5.41) is 12.9. The summed E-state index contributed by atoms with van der Waals surface area (Å²) in [6.45, 7) is 2.82. The maximum absolute atomic E-state index is 4.71. The van der Waals surface area contributed by atoms with E-state index in [1.54, 1.807) is 0 Å². The van der Waals surface area contributed by atoms with Crippen molar-refractivity contribution in [2.75, 3.05) is 4.90 Å². The summed E-state index contributed by atoms with van der Waals surface area (Å²) in [6, 6.07) is 15.2. The van der Waals surface area contributed by atoms with Gasteiger partial charge in [0.05, 0.1) is 0 Å². The maximum atomic E-state index is 4.71. The first-order chi connectivity index (χ1) is 10.3. The Labute approximate surface area is 123 Å². The molecule has 1 fully saturated rings. The van der Waals surface area contributed by atoms with Gasteiger partial charge in [0.1, 0.15) is 5.82 Å². The van der Waals surface area contributed by atoms with Crippen LogP contribution in [-0.2, 0) is 6.54 Å². The molecule has 3 aromatic rings. The zero-order chi connectivity index (χ0) is 14.2. The lowest BCUT2D eigenvalue weighted by molar-refractivity contribution is 0.748. The molecule has 1 aliphatic carbocycles. The van der Waals surface area contributed by atoms with Crippen molar-refractivity contribution in [1.29, 1.82) is 0 Å². The molecule has 0 bridgehead atoms. The molecule has 0 saturated heterocycles. The van der Waals surface area contributed by atoms with Crippen molar-refractivity contribution in [3.8, 4) is 0 Å². The predicted molar refractivity (Wildman–Crippen MR) is 81.2 cm³/mol. The third-order valence-electron chi connectivity index (χ3n) is 3.88. The minimum Gasteiger partial charge on any atom is -0.348 e. The van der Waals surface area contributed by atoms with Crippen molar-refractivity contribution in [1.82, 2.24) is 19.8 Å². The number of rotatable bonds is 4. The fourth-order valence-electron chi connectivity index (χ4n) is 2.60. The molecule has 0 aliphatic heterocycles. The molecule has 5 nitrogen and oxygen atoms in total. The van der Waals surface area contributed by atoms with Crippen molar-refractivity contribution >= 4 is 11.5 Å². The van der Waals surface area contributed by atoms with Crippen LogP contribution < -0.4 is 4.90 Å². The van der Waals surface area contributed by atoms with Crippen LogP contribution in [0.1, 0.15) is 24.2 Å². The van der Waals surface area contributed by atoms with E-state index in [1.807, 2.05) is 23.6 Å². The Morgan fingerprint density at radius 2 is 1.90 bits per heavy atom. The van der Waals surface area contributed by atoms with E-state index >= 15 is 0 Å². The highest BCUT2D eigenvalue weighted by molar-refractivity contribution is 5.47. The average molecular weight is 279 g/mol. The molecule has 2 aromatic heterocycles. The van der Waals surface area contributed by atoms with E-state index < -0.39 is 0 Å². The Morgan fingerprint density at radius 1 is 1.10 bits per heavy atom. The highest BCUT2D eigenvalue weighted by atomic mass is 15.4. The Balaban J connectivity index is 1.70. The van der Waals surface area contributed by atoms with Crippen molar-refractivity contribution in [3.05, 3.63) is 53.9 Å². The van der Waals surface area contributed by atoms with Gasteiger partial charge in [0.15, 0.2) is 11.5 Å². The second-order valence-corrected chi connectivity index (χ2v) is 5.55. The number of aryl methyl sites for hydroxylation is 1. The first-order valence-electron chi connectivity index (χ1n) is 7.31. The highest BCUT2D eigenvalue weighted by Gasteiger charge is 2.30. The van der Waals surface area contributed by atoms with Crippen LogP contribution >= 0.6 is 0 Å². The van der Waals surface area contributed by atoms with Crippen LogP contribution in [0.15, 0.2) is 42.5 Å². The molecular weight excluding hydrogens is 262 g/mol. The standard InChI is InChI=1S/C16H17N5/c1-12-17-18-15-9-10-16(19-21(12)15)20(14-7-8-14)11-13-5-3-2-4-6-13/h2-6,9-10,14H,7-8,11H2,1H3. The van der Waals surface area contributed by atoms with Gasteiger partial charge in [0.2, 0.25) is 0 Å². The summed E-state index contributed by atoms with van der Waals surface area (Å²) in [5.41, 5.74) is 2.11. The van der Waals surface area contributed by atoms with E-state index in [4.69, 9.17) is 5.10 Å². The van der Waals surface area contributed by atoms with Crippen molar-refractivity contribution in [3.63, 3.8) is 0 Å². The quantitative estimate of drug-likeness (QED) is 0.736. The van der Waals surface area contributed by atoms with Gasteiger partial charge in [-0.1, -0.05) is 30.3 Å². The Bertz CT molecular complexity index is 761. The first-order valence-corrected chi connectivity index (χ1v) is 7.31. The van der Waals surface area contributed by atoms with Gasteiger partial charge < -0.3 is 4.90 Å². The van der Waals surface area contributed by atoms with Crippen LogP contribution in [0.2, 0.25) is 0 Å². The Morgan fingerprint density at radius 3 is 2.67 bits per heavy atom. The summed E-state index contributed by atoms with van der Waals surface area (Å²) in [4.78, 5) is 2.38. The molecule has 1 saturated carbocycles. The van der Waals surface area contributed by atoms with Crippen LogP contribution in [0.3, 0.4) is 0 Å². The molecule has 21 heavy (non-hydrogen) atoms. The van der Waals surface area contributed by atoms with E-state index in [9.17, 15) is 0 Å². The van der Waals surface area contributed by atoms with Crippen LogP contribution in [0, 0.1) is 6.92 Å². The maximum Gasteiger partial charge on any atom is 0.178 e. The van der Waals surface area contributed by atoms with E-state index in [-0.39, 0.29) is 0 Å². The molecule has 0 unspecified atom stereocenters. The van der Waals surface area contributed by atoms with Gasteiger partial charge in [-0.05, 0) is 37.5 Å². The minimum atomic E-state index is 0.604. The zero-order valence-electron chi connectivity index (χ0n) is 12.0. The van der Waals surface area contributed by atoms with Gasteiger partial charge in [0.25, 0.3) is 0 Å². The van der Waals surface area contributed by atoms with Crippen molar-refractivity contribution in [2.24, 2.45) is 0 Å². The van der Waals surface area contributed by atoms with Crippen molar-refractivity contribution in [2.45, 2.75) is 32.4 Å². The van der Waals surface area contributed by atoms with Gasteiger partial charge >= 0.3 is 0 Å². The number of benzene rings is 1. The summed E-state index contributed by atoms with van der Waals surface area (Å²) in [5.74, 6) is 1.82. The number of anilines is 1. The predicted octanol–water partition coefficient (Wildman–Crippen LogP) is 2.60. The fourth-order valence-corrected chi connectivity index (χ4v) is 2.60. The lowest BCUT2D eigenvalue weighted by atomic mass is 10.2. The highest BCUT2D eigenvalue weighted by Crippen LogP contribution is 2.32. The van der Waals surface area contributed by atoms with E-state index in [1.165, 1.54) is 18.4 Å². The number of hydrogen-bond acceptors (Lipinski definition) is 4. The van der Waals surface area contributed by atoms with Gasteiger partial charge in [-0.25, -0.2) is 0 Å². The molecule has 0 N–H and O–H groups in total. The van der Waals surface area contributed by atoms with Crippen LogP contribution in [0.5, 0.6) is 0 Å². The monoisotopic (exact) mass is 279 g/mol. The lowest BCUT2D eigenvalue weighted by Crippen LogP contribution is -2.26. The number of nitrogens with zero attached hydrogens (tertiary/aromatic N) is 5. The molecule has 1 aromatic carbocycles. The topological polar surface area (TPSA) is 46.3 Å². The molecule has 0 spiro atoms. The molecule has 4 rings (SSSR count). The third kappa shape index (κ3) is 2.35. The average Bonchev–Trinajstić information content (AvgIpc) is 3.30. The molecular formula is C16H17N5. The zero-order valence-corrected chi connectivity index (χ0v) is 12.0. The molecule has 1 aliphatic rings. The summed E-state index contributed by atoms with van der Waals surface area (Å²) >= 11 is 0. The van der Waals surface area contributed by atoms with E-state index in [2.05, 4.69) is 45.4 Å². The number of aromatic nitrogens is 4. The summed E-state index contributed by atoms with van der Waals surface area (Å²) < 4.78 is 1.82. The van der Waals surface area contributed by atoms with Gasteiger partial charge in [0, 0.05) is 12.6 Å². The van der Waals surface area contributed by atoms with Crippen molar-refractivity contribution < 1.29 is 0 Å². The van der Waals surface area contributed by atoms with E-state index in [0.717, 1.165) is 23.8 Å². The molecule has 0 radical (unpaired) electrons. The summed E-state index contributed by atoms with van der Waals surface area (Å²) in [6.07, 6.45) is 2.49. The Kier molecular flexibility index (Phi) is 2.84. The van der Waals surface area contributed by atoms with Gasteiger partial charge in [-0.15, -0.1) is 15.3 Å². The van der Waals surface area contributed by atoms with Crippen LogP contribution in [0.25, 0.3) is 5.65 Å². The molecule has 2 heterocycles. The van der Waals surface area contributed by atoms with E-state index in [0.29, 0.717) is 6.04 Å². The van der Waals surface area contributed by atoms with Gasteiger partial charge in [-0.2, -0.15) is 4.52 Å². The second-order valence-electron chi connectivity index (χ2n) is 5.55. The molecule has 0 atom stereocenters. The number of fused-ring (bicyclic) bond motifs is 1. The smallest absolute Gasteiger partial charge is 0.178 e. The normalized spacial score (nSPS) is 14.5. The van der Waals surface area contributed by atoms with Crippen LogP contribution in [0.4, 0.5) is 5.82 Å².